The topological polar surface area (TPSA) is 55.8 Å². The molecule has 0 rings (SSSR count). The summed E-state index contributed by atoms with van der Waals surface area (Å²) in [5.74, 6) is -0.325. The molecule has 0 unspecified atom stereocenters. The van der Waals surface area contributed by atoms with Crippen molar-refractivity contribution in [2.45, 2.75) is 51.4 Å². The Morgan fingerprint density at radius 1 is 1.39 bits per heavy atom. The zero-order valence-electron chi connectivity index (χ0n) is 12.4. The van der Waals surface area contributed by atoms with Gasteiger partial charge < -0.3 is 9.22 Å². The number of carbonyl (C=O) groups excluding carboxylic acids is 2. The zero-order chi connectivity index (χ0) is 14.6. The molecule has 0 heterocycles. The van der Waals surface area contributed by atoms with E-state index in [4.69, 9.17) is 9.26 Å². The highest BCUT2D eigenvalue weighted by Crippen LogP contribution is 2.37. The van der Waals surface area contributed by atoms with E-state index in [-0.39, 0.29) is 17.4 Å². The normalized spacial score (nSPS) is 14.2. The van der Waals surface area contributed by atoms with Crippen LogP contribution in [0.1, 0.15) is 27.2 Å². The molecule has 0 saturated carbocycles. The molecule has 0 spiro atoms. The second-order valence-electron chi connectivity index (χ2n) is 5.79. The number of likely N-dealkylation sites (N-methyl/N-ethyl adjacent to an activating group) is 1. The van der Waals surface area contributed by atoms with Crippen LogP contribution in [0.2, 0.25) is 18.1 Å². The predicted octanol–water partition coefficient (Wildman–Crippen LogP) is 1.99. The maximum absolute atomic E-state index is 12.0. The van der Waals surface area contributed by atoms with Gasteiger partial charge >= 0.3 is 0 Å². The van der Waals surface area contributed by atoms with Gasteiger partial charge in [-0.15, -0.1) is 0 Å². The maximum Gasteiger partial charge on any atom is 0.274 e. The van der Waals surface area contributed by atoms with E-state index in [0.29, 0.717) is 6.29 Å². The smallest absolute Gasteiger partial charge is 0.274 e. The fourth-order valence-electron chi connectivity index (χ4n) is 1.11. The van der Waals surface area contributed by atoms with E-state index in [1.165, 1.54) is 14.2 Å². The summed E-state index contributed by atoms with van der Waals surface area (Å²) in [6.45, 7) is 10.3. The Balaban J connectivity index is 4.94. The van der Waals surface area contributed by atoms with Crippen molar-refractivity contribution >= 4 is 20.5 Å². The summed E-state index contributed by atoms with van der Waals surface area (Å²) in [6, 6.07) is 0. The molecule has 18 heavy (non-hydrogen) atoms. The first kappa shape index (κ1) is 17.3. The standard InChI is InChI=1S/C12H25NO4Si/c1-12(2,3)18(6,7)17-10(8-9-14)11(15)13(4)16-5/h9-10H,8H2,1-7H3/t10-/m0/s1. The lowest BCUT2D eigenvalue weighted by Crippen LogP contribution is -2.49. The van der Waals surface area contributed by atoms with Crippen LogP contribution < -0.4 is 0 Å². The number of nitrogens with zero attached hydrogens (tertiary/aromatic N) is 1. The van der Waals surface area contributed by atoms with Crippen LogP contribution in [-0.2, 0) is 18.9 Å². The van der Waals surface area contributed by atoms with E-state index in [2.05, 4.69) is 20.8 Å². The Kier molecular flexibility index (Phi) is 6.19. The molecule has 0 aromatic heterocycles. The first-order chi connectivity index (χ1) is 8.06. The molecule has 1 amide bonds. The minimum absolute atomic E-state index is 0.0138. The van der Waals surface area contributed by atoms with Crippen molar-refractivity contribution < 1.29 is 18.9 Å². The molecule has 0 aliphatic rings. The highest BCUT2D eigenvalue weighted by atomic mass is 28.4. The maximum atomic E-state index is 12.0. The zero-order valence-corrected chi connectivity index (χ0v) is 13.4. The molecule has 1 atom stereocenters. The monoisotopic (exact) mass is 275 g/mol. The van der Waals surface area contributed by atoms with Crippen LogP contribution in [0, 0.1) is 0 Å². The first-order valence-corrected chi connectivity index (χ1v) is 8.90. The minimum atomic E-state index is -2.09. The molecule has 0 saturated heterocycles. The van der Waals surface area contributed by atoms with Gasteiger partial charge in [-0.1, -0.05) is 20.8 Å². The lowest BCUT2D eigenvalue weighted by Gasteiger charge is -2.39. The number of hydrogen-bond acceptors (Lipinski definition) is 4. The van der Waals surface area contributed by atoms with Crippen LogP contribution in [-0.4, -0.2) is 45.8 Å². The second kappa shape index (κ2) is 6.45. The van der Waals surface area contributed by atoms with Crippen LogP contribution in [0.4, 0.5) is 0 Å². The molecule has 6 heteroatoms. The van der Waals surface area contributed by atoms with E-state index in [9.17, 15) is 9.59 Å². The molecule has 0 aromatic rings. The molecule has 0 N–H and O–H groups in total. The number of aldehydes is 1. The van der Waals surface area contributed by atoms with E-state index in [1.807, 2.05) is 13.1 Å². The van der Waals surface area contributed by atoms with E-state index in [1.54, 1.807) is 0 Å². The summed E-state index contributed by atoms with van der Waals surface area (Å²) in [5.41, 5.74) is 0. The van der Waals surface area contributed by atoms with Gasteiger partial charge in [0.05, 0.1) is 7.11 Å². The highest BCUT2D eigenvalue weighted by molar-refractivity contribution is 6.74. The largest absolute Gasteiger partial charge is 0.404 e. The van der Waals surface area contributed by atoms with E-state index < -0.39 is 14.4 Å². The summed E-state index contributed by atoms with van der Waals surface area (Å²) < 4.78 is 5.96. The van der Waals surface area contributed by atoms with Crippen LogP contribution in [0.3, 0.4) is 0 Å². The van der Waals surface area contributed by atoms with Crippen molar-refractivity contribution in [3.05, 3.63) is 0 Å². The Labute approximate surface area is 111 Å². The van der Waals surface area contributed by atoms with Crippen molar-refractivity contribution in [3.8, 4) is 0 Å². The lowest BCUT2D eigenvalue weighted by atomic mass is 10.2. The molecule has 0 aromatic carbocycles. The third-order valence-corrected chi connectivity index (χ3v) is 7.90. The van der Waals surface area contributed by atoms with Gasteiger partial charge in [-0.2, -0.15) is 0 Å². The summed E-state index contributed by atoms with van der Waals surface area (Å²) >= 11 is 0. The van der Waals surface area contributed by atoms with Gasteiger partial charge in [0.25, 0.3) is 5.91 Å². The van der Waals surface area contributed by atoms with E-state index >= 15 is 0 Å². The second-order valence-corrected chi connectivity index (χ2v) is 10.5. The number of amides is 1. The summed E-state index contributed by atoms with van der Waals surface area (Å²) in [5, 5.41) is 1.08. The summed E-state index contributed by atoms with van der Waals surface area (Å²) in [4.78, 5) is 27.5. The van der Waals surface area contributed by atoms with Crippen LogP contribution >= 0.6 is 0 Å². The van der Waals surface area contributed by atoms with E-state index in [0.717, 1.165) is 5.06 Å². The summed E-state index contributed by atoms with van der Waals surface area (Å²) in [7, 11) is 0.825. The number of carbonyl (C=O) groups is 2. The lowest BCUT2D eigenvalue weighted by molar-refractivity contribution is -0.177. The van der Waals surface area contributed by atoms with Gasteiger partial charge in [0.15, 0.2) is 8.32 Å². The average molecular weight is 275 g/mol. The first-order valence-electron chi connectivity index (χ1n) is 6.00. The Hall–Kier alpha value is -0.723. The van der Waals surface area contributed by atoms with Crippen molar-refractivity contribution in [1.29, 1.82) is 0 Å². The molecule has 0 fully saturated rings. The number of hydroxylamine groups is 2. The molecule has 5 nitrogen and oxygen atoms in total. The van der Waals surface area contributed by atoms with Gasteiger partial charge in [-0.05, 0) is 18.1 Å². The fraction of sp³-hybridized carbons (Fsp3) is 0.833. The molecule has 0 radical (unpaired) electrons. The molecule has 106 valence electrons. The molecular weight excluding hydrogens is 250 g/mol. The SMILES string of the molecule is CON(C)C(=O)[C@H](CC=O)O[Si](C)(C)C(C)(C)C. The number of rotatable bonds is 6. The Morgan fingerprint density at radius 2 is 1.89 bits per heavy atom. The fourth-order valence-corrected chi connectivity index (χ4v) is 2.37. The molecular formula is C12H25NO4Si. The summed E-state index contributed by atoms with van der Waals surface area (Å²) in [6.07, 6.45) is 0.00599. The van der Waals surface area contributed by atoms with Gasteiger partial charge in [-0.25, -0.2) is 5.06 Å². The Bertz CT molecular complexity index is 299. The highest BCUT2D eigenvalue weighted by Gasteiger charge is 2.41. The number of hydrogen-bond donors (Lipinski definition) is 0. The molecule has 0 aliphatic heterocycles. The minimum Gasteiger partial charge on any atom is -0.404 e. The van der Waals surface area contributed by atoms with Crippen LogP contribution in [0.15, 0.2) is 0 Å². The third kappa shape index (κ3) is 4.51. The Morgan fingerprint density at radius 3 is 2.22 bits per heavy atom. The molecule has 0 aliphatic carbocycles. The van der Waals surface area contributed by atoms with Gasteiger partial charge in [0, 0.05) is 13.5 Å². The van der Waals surface area contributed by atoms with Crippen LogP contribution in [0.5, 0.6) is 0 Å². The quantitative estimate of drug-likeness (QED) is 0.422. The van der Waals surface area contributed by atoms with Crippen molar-refractivity contribution in [2.24, 2.45) is 0 Å². The molecule has 0 bridgehead atoms. The van der Waals surface area contributed by atoms with Crippen LogP contribution in [0.25, 0.3) is 0 Å². The predicted molar refractivity (Wildman–Crippen MR) is 72.5 cm³/mol. The van der Waals surface area contributed by atoms with Gasteiger partial charge in [0.1, 0.15) is 12.4 Å². The van der Waals surface area contributed by atoms with Crippen molar-refractivity contribution in [3.63, 3.8) is 0 Å². The van der Waals surface area contributed by atoms with Crippen molar-refractivity contribution in [1.82, 2.24) is 5.06 Å². The van der Waals surface area contributed by atoms with Gasteiger partial charge in [0.2, 0.25) is 0 Å². The van der Waals surface area contributed by atoms with Gasteiger partial charge in [-0.3, -0.25) is 9.63 Å². The third-order valence-electron chi connectivity index (χ3n) is 3.41. The average Bonchev–Trinajstić information content (AvgIpc) is 2.24. The van der Waals surface area contributed by atoms with Crippen molar-refractivity contribution in [2.75, 3.05) is 14.2 Å².